The molecule has 1 amide bonds. The van der Waals surface area contributed by atoms with Crippen molar-refractivity contribution in [1.29, 1.82) is 5.26 Å². The Balaban J connectivity index is 1.89. The number of hydrogen-bond donors (Lipinski definition) is 1. The van der Waals surface area contributed by atoms with Crippen molar-refractivity contribution in [2.45, 2.75) is 13.5 Å². The molecule has 0 saturated carbocycles. The van der Waals surface area contributed by atoms with E-state index in [-0.39, 0.29) is 28.8 Å². The smallest absolute Gasteiger partial charge is 0.266 e. The molecule has 0 aliphatic rings. The Hall–Kier alpha value is -3.33. The molecule has 156 valence electrons. The summed E-state index contributed by atoms with van der Waals surface area (Å²) in [5.74, 6) is -0.667. The van der Waals surface area contributed by atoms with Crippen LogP contribution in [0.1, 0.15) is 16.7 Å². The number of amides is 1. The summed E-state index contributed by atoms with van der Waals surface area (Å²) in [5.41, 5.74) is 2.41. The summed E-state index contributed by atoms with van der Waals surface area (Å²) in [6.45, 7) is 1.96. The Kier molecular flexibility index (Phi) is 7.30. The van der Waals surface area contributed by atoms with Crippen molar-refractivity contribution in [3.8, 4) is 11.8 Å². The molecule has 1 N–H and O–H groups in total. The maximum absolute atomic E-state index is 13.1. The summed E-state index contributed by atoms with van der Waals surface area (Å²) in [5, 5.41) is 12.8. The van der Waals surface area contributed by atoms with Crippen molar-refractivity contribution in [3.63, 3.8) is 0 Å². The number of benzene rings is 3. The molecule has 0 heterocycles. The van der Waals surface area contributed by atoms with E-state index in [1.165, 1.54) is 24.3 Å². The average molecular weight is 455 g/mol. The van der Waals surface area contributed by atoms with Gasteiger partial charge in [0.05, 0.1) is 5.02 Å². The fourth-order valence-corrected chi connectivity index (χ4v) is 3.35. The lowest BCUT2D eigenvalue weighted by Gasteiger charge is -2.13. The summed E-state index contributed by atoms with van der Waals surface area (Å²) in [6.07, 6.45) is 1.37. The maximum Gasteiger partial charge on any atom is 0.266 e. The van der Waals surface area contributed by atoms with Gasteiger partial charge in [0, 0.05) is 16.3 Å². The standard InChI is InChI=1S/C24H17Cl2FN2O2/c1-15-4-2-3-5-22(15)29-24(30)18(13-28)10-17-11-19(25)12-21(26)23(17)31-14-16-6-8-20(27)9-7-16/h2-12H,14H2,1H3,(H,29,30)/b18-10+. The highest BCUT2D eigenvalue weighted by molar-refractivity contribution is 6.36. The van der Waals surface area contributed by atoms with E-state index < -0.39 is 5.91 Å². The quantitative estimate of drug-likeness (QED) is 0.338. The topological polar surface area (TPSA) is 62.1 Å². The van der Waals surface area contributed by atoms with Crippen LogP contribution in [-0.2, 0) is 11.4 Å². The Morgan fingerprint density at radius 3 is 2.55 bits per heavy atom. The van der Waals surface area contributed by atoms with Crippen molar-refractivity contribution in [2.24, 2.45) is 0 Å². The number of para-hydroxylation sites is 1. The second-order valence-corrected chi connectivity index (χ2v) is 7.50. The molecule has 0 saturated heterocycles. The third kappa shape index (κ3) is 5.85. The van der Waals surface area contributed by atoms with Gasteiger partial charge >= 0.3 is 0 Å². The lowest BCUT2D eigenvalue weighted by atomic mass is 10.1. The second kappa shape index (κ2) is 10.1. The van der Waals surface area contributed by atoms with Crippen LogP contribution in [0, 0.1) is 24.1 Å². The average Bonchev–Trinajstić information content (AvgIpc) is 2.74. The predicted molar refractivity (Wildman–Crippen MR) is 121 cm³/mol. The lowest BCUT2D eigenvalue weighted by molar-refractivity contribution is -0.112. The van der Waals surface area contributed by atoms with Gasteiger partial charge in [0.2, 0.25) is 0 Å². The summed E-state index contributed by atoms with van der Waals surface area (Å²) in [7, 11) is 0. The molecule has 0 aliphatic heterocycles. The van der Waals surface area contributed by atoms with Gasteiger partial charge in [-0.3, -0.25) is 4.79 Å². The minimum absolute atomic E-state index is 0.111. The Labute approximate surface area is 189 Å². The summed E-state index contributed by atoms with van der Waals surface area (Å²) >= 11 is 12.4. The van der Waals surface area contributed by atoms with Crippen LogP contribution in [0.15, 0.2) is 66.2 Å². The van der Waals surface area contributed by atoms with Crippen molar-refractivity contribution in [1.82, 2.24) is 0 Å². The number of hydrogen-bond acceptors (Lipinski definition) is 3. The molecule has 0 atom stereocenters. The fourth-order valence-electron chi connectivity index (χ4n) is 2.78. The third-order valence-corrected chi connectivity index (χ3v) is 4.89. The number of nitrogens with one attached hydrogen (secondary N) is 1. The van der Waals surface area contributed by atoms with E-state index in [1.54, 1.807) is 30.3 Å². The van der Waals surface area contributed by atoms with Crippen molar-refractivity contribution in [3.05, 3.63) is 98.8 Å². The first-order valence-corrected chi connectivity index (χ1v) is 9.98. The molecule has 0 aromatic heterocycles. The van der Waals surface area contributed by atoms with E-state index in [2.05, 4.69) is 5.32 Å². The van der Waals surface area contributed by atoms with Gasteiger partial charge in [-0.15, -0.1) is 0 Å². The zero-order chi connectivity index (χ0) is 22.4. The minimum Gasteiger partial charge on any atom is -0.487 e. The molecule has 0 spiro atoms. The molecule has 0 aliphatic carbocycles. The zero-order valence-electron chi connectivity index (χ0n) is 16.5. The van der Waals surface area contributed by atoms with Crippen molar-refractivity contribution < 1.29 is 13.9 Å². The predicted octanol–water partition coefficient (Wildman–Crippen LogP) is 6.57. The molecule has 3 aromatic carbocycles. The highest BCUT2D eigenvalue weighted by Gasteiger charge is 2.15. The molecular weight excluding hydrogens is 438 g/mol. The van der Waals surface area contributed by atoms with Gasteiger partial charge < -0.3 is 10.1 Å². The fraction of sp³-hybridized carbons (Fsp3) is 0.0833. The number of aryl methyl sites for hydroxylation is 1. The first kappa shape index (κ1) is 22.4. The number of anilines is 1. The van der Waals surface area contributed by atoms with Crippen LogP contribution in [0.5, 0.6) is 5.75 Å². The molecule has 0 bridgehead atoms. The van der Waals surface area contributed by atoms with E-state index in [4.69, 9.17) is 27.9 Å². The number of nitrogens with zero attached hydrogens (tertiary/aromatic N) is 1. The highest BCUT2D eigenvalue weighted by Crippen LogP contribution is 2.34. The second-order valence-electron chi connectivity index (χ2n) is 6.66. The van der Waals surface area contributed by atoms with Crippen LogP contribution in [0.4, 0.5) is 10.1 Å². The van der Waals surface area contributed by atoms with E-state index in [1.807, 2.05) is 25.1 Å². The maximum atomic E-state index is 13.1. The van der Waals surface area contributed by atoms with Gasteiger partial charge in [-0.05, 0) is 54.5 Å². The molecule has 4 nitrogen and oxygen atoms in total. The summed E-state index contributed by atoms with van der Waals surface area (Å²) in [6, 6.07) is 18.0. The Bertz CT molecular complexity index is 1190. The van der Waals surface area contributed by atoms with Gasteiger partial charge in [0.25, 0.3) is 5.91 Å². The molecule has 0 unspecified atom stereocenters. The normalized spacial score (nSPS) is 11.0. The van der Waals surface area contributed by atoms with Crippen LogP contribution >= 0.6 is 23.2 Å². The van der Waals surface area contributed by atoms with Gasteiger partial charge in [-0.2, -0.15) is 5.26 Å². The Morgan fingerprint density at radius 2 is 1.87 bits per heavy atom. The monoisotopic (exact) mass is 454 g/mol. The van der Waals surface area contributed by atoms with Crippen LogP contribution in [0.3, 0.4) is 0 Å². The number of ether oxygens (including phenoxy) is 1. The van der Waals surface area contributed by atoms with Crippen LogP contribution in [0.25, 0.3) is 6.08 Å². The van der Waals surface area contributed by atoms with E-state index in [9.17, 15) is 14.4 Å². The summed E-state index contributed by atoms with van der Waals surface area (Å²) < 4.78 is 18.9. The number of carbonyl (C=O) groups is 1. The zero-order valence-corrected chi connectivity index (χ0v) is 18.0. The molecule has 31 heavy (non-hydrogen) atoms. The molecule has 0 fully saturated rings. The molecule has 7 heteroatoms. The molecule has 0 radical (unpaired) electrons. The Morgan fingerprint density at radius 1 is 1.16 bits per heavy atom. The van der Waals surface area contributed by atoms with Gasteiger partial charge in [-0.1, -0.05) is 53.5 Å². The van der Waals surface area contributed by atoms with E-state index >= 15 is 0 Å². The third-order valence-electron chi connectivity index (χ3n) is 4.39. The van der Waals surface area contributed by atoms with Gasteiger partial charge in [0.1, 0.15) is 29.8 Å². The van der Waals surface area contributed by atoms with Crippen LogP contribution in [0.2, 0.25) is 10.0 Å². The molecular formula is C24H17Cl2FN2O2. The van der Waals surface area contributed by atoms with Gasteiger partial charge in [0.15, 0.2) is 0 Å². The number of rotatable bonds is 6. The van der Waals surface area contributed by atoms with E-state index in [0.717, 1.165) is 11.1 Å². The first-order valence-electron chi connectivity index (χ1n) is 9.22. The number of carbonyl (C=O) groups excluding carboxylic acids is 1. The van der Waals surface area contributed by atoms with Crippen LogP contribution < -0.4 is 10.1 Å². The molecule has 3 aromatic rings. The summed E-state index contributed by atoms with van der Waals surface area (Å²) in [4.78, 5) is 12.6. The lowest BCUT2D eigenvalue weighted by Crippen LogP contribution is -2.14. The van der Waals surface area contributed by atoms with Crippen LogP contribution in [-0.4, -0.2) is 5.91 Å². The highest BCUT2D eigenvalue weighted by atomic mass is 35.5. The molecule has 3 rings (SSSR count). The van der Waals surface area contributed by atoms with Crippen molar-refractivity contribution in [2.75, 3.05) is 5.32 Å². The SMILES string of the molecule is Cc1ccccc1NC(=O)/C(C#N)=C/c1cc(Cl)cc(Cl)c1OCc1ccc(F)cc1. The first-order chi connectivity index (χ1) is 14.9. The number of halogens is 3. The van der Waals surface area contributed by atoms with E-state index in [0.29, 0.717) is 16.3 Å². The number of nitriles is 1. The van der Waals surface area contributed by atoms with Gasteiger partial charge in [-0.25, -0.2) is 4.39 Å². The largest absolute Gasteiger partial charge is 0.487 e. The van der Waals surface area contributed by atoms with Crippen molar-refractivity contribution >= 4 is 40.9 Å². The minimum atomic E-state index is -0.572.